The lowest BCUT2D eigenvalue weighted by atomic mass is 10.0. The third kappa shape index (κ3) is 7.03. The molecule has 3 N–H and O–H groups in total. The minimum atomic E-state index is -0.819. The smallest absolute Gasteiger partial charge is 0.307 e. The van der Waals surface area contributed by atoms with Crippen molar-refractivity contribution >= 4 is 17.6 Å². The Balaban J connectivity index is 1.81. The van der Waals surface area contributed by atoms with Crippen LogP contribution in [0.15, 0.2) is 42.6 Å². The number of rotatable bonds is 9. The van der Waals surface area contributed by atoms with Gasteiger partial charge in [0.05, 0.1) is 18.3 Å². The highest BCUT2D eigenvalue weighted by Gasteiger charge is 2.03. The molecule has 0 bridgehead atoms. The minimum absolute atomic E-state index is 0.0392. The summed E-state index contributed by atoms with van der Waals surface area (Å²) in [6.45, 7) is 2.72. The molecular weight excluding hydrogens is 318 g/mol. The molecule has 132 valence electrons. The number of carboxylic acid groups (broad SMARTS) is 1. The number of carboxylic acids is 1. The second-order valence-electron chi connectivity index (χ2n) is 5.84. The molecule has 0 radical (unpaired) electrons. The molecule has 6 heteroatoms. The SMILES string of the molecule is CC(=O)NCCNc1ccc(CCc2cccc(CC(=O)O)c2)nc1. The lowest BCUT2D eigenvalue weighted by Crippen LogP contribution is -2.26. The van der Waals surface area contributed by atoms with Crippen LogP contribution < -0.4 is 10.6 Å². The van der Waals surface area contributed by atoms with Crippen molar-refractivity contribution in [1.82, 2.24) is 10.3 Å². The molecular formula is C19H23N3O3. The first-order chi connectivity index (χ1) is 12.0. The molecule has 2 aromatic rings. The average molecular weight is 341 g/mol. The summed E-state index contributed by atoms with van der Waals surface area (Å²) in [5.74, 6) is -0.858. The molecule has 0 unspecified atom stereocenters. The first-order valence-corrected chi connectivity index (χ1v) is 8.26. The molecule has 0 aliphatic rings. The third-order valence-electron chi connectivity index (χ3n) is 3.67. The zero-order chi connectivity index (χ0) is 18.1. The van der Waals surface area contributed by atoms with Gasteiger partial charge < -0.3 is 15.7 Å². The first kappa shape index (κ1) is 18.4. The fourth-order valence-electron chi connectivity index (χ4n) is 2.46. The predicted octanol–water partition coefficient (Wildman–Crippen LogP) is 2.04. The number of pyridine rings is 1. The van der Waals surface area contributed by atoms with E-state index in [0.29, 0.717) is 13.1 Å². The van der Waals surface area contributed by atoms with Crippen molar-refractivity contribution in [2.24, 2.45) is 0 Å². The highest BCUT2D eigenvalue weighted by molar-refractivity contribution is 5.72. The van der Waals surface area contributed by atoms with Crippen LogP contribution in [0.5, 0.6) is 0 Å². The number of hydrogen-bond donors (Lipinski definition) is 3. The maximum atomic E-state index is 10.8. The van der Waals surface area contributed by atoms with Gasteiger partial charge in [0.25, 0.3) is 0 Å². The van der Waals surface area contributed by atoms with Gasteiger partial charge in [0.15, 0.2) is 0 Å². The van der Waals surface area contributed by atoms with Gasteiger partial charge in [0.1, 0.15) is 0 Å². The van der Waals surface area contributed by atoms with E-state index in [9.17, 15) is 9.59 Å². The third-order valence-corrected chi connectivity index (χ3v) is 3.67. The van der Waals surface area contributed by atoms with E-state index in [1.165, 1.54) is 6.92 Å². The molecule has 0 fully saturated rings. The molecule has 0 saturated heterocycles. The number of hydrogen-bond acceptors (Lipinski definition) is 4. The Hall–Kier alpha value is -2.89. The summed E-state index contributed by atoms with van der Waals surface area (Å²) < 4.78 is 0. The van der Waals surface area contributed by atoms with E-state index in [1.807, 2.05) is 36.4 Å². The van der Waals surface area contributed by atoms with Crippen molar-refractivity contribution in [2.75, 3.05) is 18.4 Å². The molecule has 1 aromatic carbocycles. The highest BCUT2D eigenvalue weighted by Crippen LogP contribution is 2.11. The van der Waals surface area contributed by atoms with Crippen molar-refractivity contribution in [2.45, 2.75) is 26.2 Å². The maximum Gasteiger partial charge on any atom is 0.307 e. The van der Waals surface area contributed by atoms with Crippen LogP contribution >= 0.6 is 0 Å². The normalized spacial score (nSPS) is 10.3. The topological polar surface area (TPSA) is 91.3 Å². The zero-order valence-electron chi connectivity index (χ0n) is 14.3. The lowest BCUT2D eigenvalue weighted by molar-refractivity contribution is -0.136. The van der Waals surface area contributed by atoms with Crippen LogP contribution in [-0.2, 0) is 28.9 Å². The fraction of sp³-hybridized carbons (Fsp3) is 0.316. The molecule has 1 aromatic heterocycles. The summed E-state index contributed by atoms with van der Waals surface area (Å²) in [6.07, 6.45) is 3.44. The molecule has 25 heavy (non-hydrogen) atoms. The summed E-state index contributed by atoms with van der Waals surface area (Å²) in [4.78, 5) is 26.0. The molecule has 2 rings (SSSR count). The van der Waals surface area contributed by atoms with Crippen molar-refractivity contribution < 1.29 is 14.7 Å². The Morgan fingerprint density at radius 1 is 1.08 bits per heavy atom. The minimum Gasteiger partial charge on any atom is -0.481 e. The number of aromatic nitrogens is 1. The van der Waals surface area contributed by atoms with Crippen LogP contribution in [0.25, 0.3) is 0 Å². The fourth-order valence-corrected chi connectivity index (χ4v) is 2.46. The number of aliphatic carboxylic acids is 1. The molecule has 0 spiro atoms. The molecule has 0 saturated carbocycles. The van der Waals surface area contributed by atoms with Gasteiger partial charge in [-0.3, -0.25) is 14.6 Å². The lowest BCUT2D eigenvalue weighted by Gasteiger charge is -2.08. The highest BCUT2D eigenvalue weighted by atomic mass is 16.4. The van der Waals surface area contributed by atoms with Crippen LogP contribution in [0.1, 0.15) is 23.7 Å². The number of carbonyl (C=O) groups is 2. The van der Waals surface area contributed by atoms with E-state index in [1.54, 1.807) is 6.20 Å². The monoisotopic (exact) mass is 341 g/mol. The second-order valence-corrected chi connectivity index (χ2v) is 5.84. The van der Waals surface area contributed by atoms with E-state index in [0.717, 1.165) is 35.3 Å². The predicted molar refractivity (Wildman–Crippen MR) is 96.6 cm³/mol. The van der Waals surface area contributed by atoms with E-state index < -0.39 is 5.97 Å². The summed E-state index contributed by atoms with van der Waals surface area (Å²) in [5.41, 5.74) is 3.82. The summed E-state index contributed by atoms with van der Waals surface area (Å²) in [5, 5.41) is 14.8. The molecule has 0 atom stereocenters. The first-order valence-electron chi connectivity index (χ1n) is 8.26. The van der Waals surface area contributed by atoms with Crippen LogP contribution in [0.2, 0.25) is 0 Å². The number of carbonyl (C=O) groups excluding carboxylic acids is 1. The number of anilines is 1. The number of nitrogens with one attached hydrogen (secondary N) is 2. The molecule has 1 amide bonds. The van der Waals surface area contributed by atoms with Crippen molar-refractivity contribution in [1.29, 1.82) is 0 Å². The largest absolute Gasteiger partial charge is 0.481 e. The number of nitrogens with zero attached hydrogens (tertiary/aromatic N) is 1. The zero-order valence-corrected chi connectivity index (χ0v) is 14.3. The number of benzene rings is 1. The van der Waals surface area contributed by atoms with Gasteiger partial charge >= 0.3 is 5.97 Å². The Bertz CT molecular complexity index is 714. The van der Waals surface area contributed by atoms with E-state index in [2.05, 4.69) is 15.6 Å². The molecule has 0 aliphatic heterocycles. The van der Waals surface area contributed by atoms with Crippen molar-refractivity contribution in [3.63, 3.8) is 0 Å². The standard InChI is InChI=1S/C19H23N3O3/c1-14(23)20-9-10-21-18-8-7-17(22-13-18)6-5-15-3-2-4-16(11-15)12-19(24)25/h2-4,7-8,11,13,21H,5-6,9-10,12H2,1H3,(H,20,23)(H,24,25). The van der Waals surface area contributed by atoms with E-state index in [4.69, 9.17) is 5.11 Å². The Labute approximate surface area is 147 Å². The summed E-state index contributed by atoms with van der Waals surface area (Å²) >= 11 is 0. The number of amides is 1. The van der Waals surface area contributed by atoms with Gasteiger partial charge in [0.2, 0.25) is 5.91 Å². The maximum absolute atomic E-state index is 10.8. The van der Waals surface area contributed by atoms with E-state index in [-0.39, 0.29) is 12.3 Å². The second kappa shape index (κ2) is 9.42. The van der Waals surface area contributed by atoms with Gasteiger partial charge in [0, 0.05) is 25.7 Å². The summed E-state index contributed by atoms with van der Waals surface area (Å²) in [7, 11) is 0. The summed E-state index contributed by atoms with van der Waals surface area (Å²) in [6, 6.07) is 11.6. The quantitative estimate of drug-likeness (QED) is 0.607. The molecule has 0 aliphatic carbocycles. The van der Waals surface area contributed by atoms with Gasteiger partial charge in [-0.05, 0) is 36.1 Å². The van der Waals surface area contributed by atoms with Crippen molar-refractivity contribution in [3.8, 4) is 0 Å². The molecule has 6 nitrogen and oxygen atoms in total. The Morgan fingerprint density at radius 2 is 1.88 bits per heavy atom. The van der Waals surface area contributed by atoms with Crippen LogP contribution in [0.4, 0.5) is 5.69 Å². The number of aryl methyl sites for hydroxylation is 2. The van der Waals surface area contributed by atoms with E-state index >= 15 is 0 Å². The van der Waals surface area contributed by atoms with Gasteiger partial charge in [-0.2, -0.15) is 0 Å². The van der Waals surface area contributed by atoms with Crippen LogP contribution in [0.3, 0.4) is 0 Å². The van der Waals surface area contributed by atoms with Gasteiger partial charge in [-0.15, -0.1) is 0 Å². The van der Waals surface area contributed by atoms with Crippen LogP contribution in [-0.4, -0.2) is 35.1 Å². The van der Waals surface area contributed by atoms with Gasteiger partial charge in [-0.1, -0.05) is 24.3 Å². The van der Waals surface area contributed by atoms with Gasteiger partial charge in [-0.25, -0.2) is 0 Å². The molecule has 1 heterocycles. The average Bonchev–Trinajstić information content (AvgIpc) is 2.57. The van der Waals surface area contributed by atoms with Crippen molar-refractivity contribution in [3.05, 3.63) is 59.4 Å². The Kier molecular flexibility index (Phi) is 6.95. The van der Waals surface area contributed by atoms with Crippen LogP contribution in [0, 0.1) is 0 Å². The Morgan fingerprint density at radius 3 is 2.56 bits per heavy atom.